The van der Waals surface area contributed by atoms with Crippen LogP contribution in [-0.2, 0) is 0 Å². The van der Waals surface area contributed by atoms with E-state index in [9.17, 15) is 4.79 Å². The highest BCUT2D eigenvalue weighted by Gasteiger charge is 2.13. The summed E-state index contributed by atoms with van der Waals surface area (Å²) < 4.78 is 10.3. The molecule has 0 bridgehead atoms. The zero-order chi connectivity index (χ0) is 15.4. The quantitative estimate of drug-likeness (QED) is 0.906. The minimum Gasteiger partial charge on any atom is -0.495 e. The summed E-state index contributed by atoms with van der Waals surface area (Å²) in [5.41, 5.74) is 6.31. The molecule has 2 aromatic rings. The first kappa shape index (κ1) is 14.9. The maximum Gasteiger partial charge on any atom is 0.257 e. The Labute approximate surface area is 126 Å². The molecule has 21 heavy (non-hydrogen) atoms. The number of nitrogen functional groups attached to an aromatic ring is 1. The Bertz CT molecular complexity index is 659. The molecular formula is C14H14ClN3O3. The molecule has 7 heteroatoms. The Morgan fingerprint density at radius 1 is 1.24 bits per heavy atom. The molecule has 1 heterocycles. The summed E-state index contributed by atoms with van der Waals surface area (Å²) in [6.07, 6.45) is 1.39. The fourth-order valence-corrected chi connectivity index (χ4v) is 1.92. The molecule has 0 fully saturated rings. The van der Waals surface area contributed by atoms with Crippen molar-refractivity contribution in [1.82, 2.24) is 4.98 Å². The van der Waals surface area contributed by atoms with Crippen molar-refractivity contribution in [3.63, 3.8) is 0 Å². The van der Waals surface area contributed by atoms with Crippen molar-refractivity contribution < 1.29 is 14.3 Å². The minimum atomic E-state index is -0.342. The van der Waals surface area contributed by atoms with Gasteiger partial charge in [-0.3, -0.25) is 4.79 Å². The molecule has 2 rings (SSSR count). The largest absolute Gasteiger partial charge is 0.495 e. The van der Waals surface area contributed by atoms with Crippen molar-refractivity contribution in [3.8, 4) is 11.5 Å². The van der Waals surface area contributed by atoms with Crippen LogP contribution in [0, 0.1) is 0 Å². The molecule has 0 saturated carbocycles. The molecule has 0 unspecified atom stereocenters. The van der Waals surface area contributed by atoms with Crippen molar-refractivity contribution in [2.45, 2.75) is 0 Å². The van der Waals surface area contributed by atoms with Crippen LogP contribution in [0.25, 0.3) is 0 Å². The van der Waals surface area contributed by atoms with Gasteiger partial charge in [0.05, 0.1) is 30.5 Å². The number of nitrogens with two attached hydrogens (primary N) is 1. The highest BCUT2D eigenvalue weighted by atomic mass is 35.5. The topological polar surface area (TPSA) is 86.5 Å². The average molecular weight is 308 g/mol. The molecule has 1 amide bonds. The van der Waals surface area contributed by atoms with E-state index in [0.717, 1.165) is 0 Å². The first-order valence-electron chi connectivity index (χ1n) is 5.99. The minimum absolute atomic E-state index is 0.342. The summed E-state index contributed by atoms with van der Waals surface area (Å²) in [6, 6.07) is 6.28. The highest BCUT2D eigenvalue weighted by molar-refractivity contribution is 6.32. The van der Waals surface area contributed by atoms with Gasteiger partial charge in [0, 0.05) is 18.3 Å². The molecule has 0 aliphatic carbocycles. The summed E-state index contributed by atoms with van der Waals surface area (Å²) in [5, 5.41) is 3.11. The monoisotopic (exact) mass is 307 g/mol. The molecule has 3 N–H and O–H groups in total. The summed E-state index contributed by atoms with van der Waals surface area (Å²) >= 11 is 6.01. The van der Waals surface area contributed by atoms with Crippen LogP contribution in [0.4, 0.5) is 11.5 Å². The van der Waals surface area contributed by atoms with E-state index in [1.807, 2.05) is 0 Å². The molecular weight excluding hydrogens is 294 g/mol. The Kier molecular flexibility index (Phi) is 4.49. The van der Waals surface area contributed by atoms with E-state index >= 15 is 0 Å². The van der Waals surface area contributed by atoms with Gasteiger partial charge in [0.1, 0.15) is 17.3 Å². The lowest BCUT2D eigenvalue weighted by Gasteiger charge is -2.13. The van der Waals surface area contributed by atoms with Crippen LogP contribution in [0.5, 0.6) is 11.5 Å². The number of amides is 1. The molecule has 6 nitrogen and oxygen atoms in total. The first-order chi connectivity index (χ1) is 10.0. The normalized spacial score (nSPS) is 10.0. The van der Waals surface area contributed by atoms with E-state index in [2.05, 4.69) is 10.3 Å². The van der Waals surface area contributed by atoms with E-state index in [-0.39, 0.29) is 5.91 Å². The van der Waals surface area contributed by atoms with Crippen LogP contribution < -0.4 is 20.5 Å². The van der Waals surface area contributed by atoms with E-state index in [4.69, 9.17) is 26.8 Å². The molecule has 0 atom stereocenters. The molecule has 110 valence electrons. The number of ether oxygens (including phenoxy) is 2. The number of anilines is 2. The summed E-state index contributed by atoms with van der Waals surface area (Å²) in [6.45, 7) is 0. The Balaban J connectivity index is 2.29. The fraction of sp³-hybridized carbons (Fsp3) is 0.143. The number of nitrogens with one attached hydrogen (secondary N) is 1. The number of carbonyl (C=O) groups is 1. The number of hydrogen-bond acceptors (Lipinski definition) is 5. The van der Waals surface area contributed by atoms with Crippen LogP contribution in [0.1, 0.15) is 10.4 Å². The lowest BCUT2D eigenvalue weighted by Crippen LogP contribution is -2.13. The summed E-state index contributed by atoms with van der Waals surface area (Å²) in [5.74, 6) is 0.864. The van der Waals surface area contributed by atoms with Crippen molar-refractivity contribution in [3.05, 3.63) is 41.0 Å². The number of rotatable bonds is 4. The smallest absolute Gasteiger partial charge is 0.257 e. The van der Waals surface area contributed by atoms with Crippen LogP contribution >= 0.6 is 11.6 Å². The van der Waals surface area contributed by atoms with Crippen LogP contribution in [0.2, 0.25) is 5.02 Å². The fourth-order valence-electron chi connectivity index (χ4n) is 1.69. The van der Waals surface area contributed by atoms with Crippen molar-refractivity contribution in [2.75, 3.05) is 25.3 Å². The second-order valence-electron chi connectivity index (χ2n) is 4.11. The Morgan fingerprint density at radius 2 is 1.95 bits per heavy atom. The van der Waals surface area contributed by atoms with Crippen molar-refractivity contribution >= 4 is 29.0 Å². The number of nitrogens with zero attached hydrogens (tertiary/aromatic N) is 1. The number of hydrogen-bond donors (Lipinski definition) is 2. The number of halogens is 1. The van der Waals surface area contributed by atoms with Gasteiger partial charge in [-0.25, -0.2) is 4.98 Å². The SMILES string of the molecule is COc1cc(NC(=O)c2ccc(N)nc2)c(OC)cc1Cl. The lowest BCUT2D eigenvalue weighted by atomic mass is 10.2. The average Bonchev–Trinajstić information content (AvgIpc) is 2.49. The molecule has 0 aliphatic rings. The molecule has 0 saturated heterocycles. The number of aromatic nitrogens is 1. The van der Waals surface area contributed by atoms with Crippen molar-refractivity contribution in [2.24, 2.45) is 0 Å². The third-order valence-corrected chi connectivity index (χ3v) is 3.07. The Morgan fingerprint density at radius 3 is 2.52 bits per heavy atom. The van der Waals surface area contributed by atoms with Gasteiger partial charge in [0.15, 0.2) is 0 Å². The number of carbonyl (C=O) groups excluding carboxylic acids is 1. The number of methoxy groups -OCH3 is 2. The summed E-state index contributed by atoms with van der Waals surface area (Å²) in [4.78, 5) is 16.0. The Hall–Kier alpha value is -2.47. The molecule has 0 radical (unpaired) electrons. The van der Waals surface area contributed by atoms with Gasteiger partial charge < -0.3 is 20.5 Å². The molecule has 0 aliphatic heterocycles. The van der Waals surface area contributed by atoms with Gasteiger partial charge in [0.25, 0.3) is 5.91 Å². The number of benzene rings is 1. The van der Waals surface area contributed by atoms with Gasteiger partial charge in [0.2, 0.25) is 0 Å². The third-order valence-electron chi connectivity index (χ3n) is 2.77. The molecule has 1 aromatic heterocycles. The van der Waals surface area contributed by atoms with Gasteiger partial charge in [-0.15, -0.1) is 0 Å². The maximum atomic E-state index is 12.2. The predicted molar refractivity (Wildman–Crippen MR) is 81.2 cm³/mol. The van der Waals surface area contributed by atoms with Gasteiger partial charge in [-0.05, 0) is 12.1 Å². The molecule has 1 aromatic carbocycles. The van der Waals surface area contributed by atoms with E-state index in [1.165, 1.54) is 20.4 Å². The standard InChI is InChI=1S/C14H14ClN3O3/c1-20-11-6-10(12(21-2)5-9(11)15)18-14(19)8-3-4-13(16)17-7-8/h3-7H,1-2H3,(H2,16,17)(H,18,19). The summed E-state index contributed by atoms with van der Waals surface area (Å²) in [7, 11) is 2.97. The van der Waals surface area contributed by atoms with Crippen LogP contribution in [0.15, 0.2) is 30.5 Å². The van der Waals surface area contributed by atoms with Gasteiger partial charge in [-0.1, -0.05) is 11.6 Å². The third kappa shape index (κ3) is 3.35. The highest BCUT2D eigenvalue weighted by Crippen LogP contribution is 2.36. The van der Waals surface area contributed by atoms with E-state index < -0.39 is 0 Å². The van der Waals surface area contributed by atoms with Gasteiger partial charge >= 0.3 is 0 Å². The zero-order valence-corrected chi connectivity index (χ0v) is 12.3. The van der Waals surface area contributed by atoms with E-state index in [1.54, 1.807) is 24.3 Å². The number of pyridine rings is 1. The second-order valence-corrected chi connectivity index (χ2v) is 4.52. The second kappa shape index (κ2) is 6.32. The van der Waals surface area contributed by atoms with Crippen LogP contribution in [-0.4, -0.2) is 25.1 Å². The van der Waals surface area contributed by atoms with E-state index in [0.29, 0.717) is 33.6 Å². The van der Waals surface area contributed by atoms with Crippen LogP contribution in [0.3, 0.4) is 0 Å². The van der Waals surface area contributed by atoms with Gasteiger partial charge in [-0.2, -0.15) is 0 Å². The zero-order valence-electron chi connectivity index (χ0n) is 11.5. The lowest BCUT2D eigenvalue weighted by molar-refractivity contribution is 0.102. The van der Waals surface area contributed by atoms with Crippen molar-refractivity contribution in [1.29, 1.82) is 0 Å². The molecule has 0 spiro atoms. The maximum absolute atomic E-state index is 12.2. The first-order valence-corrected chi connectivity index (χ1v) is 6.37. The predicted octanol–water partition coefficient (Wildman–Crippen LogP) is 2.59.